The normalized spacial score (nSPS) is 11.2. The standard InChI is InChI=1S/C21H22N2O5S2/c1-4-30(25,26)16-8-5-14(6-9-16)11-20(24)23-21-22-18(13-29-21)17-12-15(27-2)7-10-19(17)28-3/h5-10,12-13H,4,11H2,1-3H3,(H,22,23,24). The molecule has 0 spiro atoms. The van der Waals surface area contributed by atoms with E-state index in [9.17, 15) is 13.2 Å². The molecule has 7 nitrogen and oxygen atoms in total. The molecule has 0 bridgehead atoms. The van der Waals surface area contributed by atoms with Crippen molar-refractivity contribution in [1.82, 2.24) is 4.98 Å². The van der Waals surface area contributed by atoms with Crippen LogP contribution < -0.4 is 14.8 Å². The average molecular weight is 447 g/mol. The number of rotatable bonds is 8. The van der Waals surface area contributed by atoms with Gasteiger partial charge < -0.3 is 14.8 Å². The van der Waals surface area contributed by atoms with E-state index in [0.717, 1.165) is 5.56 Å². The van der Waals surface area contributed by atoms with E-state index in [1.807, 2.05) is 11.4 Å². The lowest BCUT2D eigenvalue weighted by Gasteiger charge is -2.08. The Morgan fingerprint density at radius 1 is 1.10 bits per heavy atom. The van der Waals surface area contributed by atoms with Crippen molar-refractivity contribution in [1.29, 1.82) is 0 Å². The molecule has 1 N–H and O–H groups in total. The van der Waals surface area contributed by atoms with Crippen LogP contribution >= 0.6 is 11.3 Å². The molecule has 9 heteroatoms. The zero-order valence-corrected chi connectivity index (χ0v) is 18.5. The Labute approximate surface area is 179 Å². The summed E-state index contributed by atoms with van der Waals surface area (Å²) in [6.07, 6.45) is 0.115. The van der Waals surface area contributed by atoms with Gasteiger partial charge in [-0.1, -0.05) is 19.1 Å². The minimum Gasteiger partial charge on any atom is -0.497 e. The Balaban J connectivity index is 1.70. The number of nitrogens with one attached hydrogen (secondary N) is 1. The first-order valence-electron chi connectivity index (χ1n) is 9.15. The van der Waals surface area contributed by atoms with Crippen LogP contribution in [0.4, 0.5) is 5.13 Å². The molecule has 3 rings (SSSR count). The van der Waals surface area contributed by atoms with Crippen LogP contribution in [-0.2, 0) is 21.1 Å². The summed E-state index contributed by atoms with van der Waals surface area (Å²) in [6.45, 7) is 1.60. The summed E-state index contributed by atoms with van der Waals surface area (Å²) in [5.74, 6) is 1.13. The van der Waals surface area contributed by atoms with Crippen molar-refractivity contribution in [3.05, 3.63) is 53.4 Å². The van der Waals surface area contributed by atoms with E-state index in [4.69, 9.17) is 9.47 Å². The van der Waals surface area contributed by atoms with Crippen LogP contribution in [0.1, 0.15) is 12.5 Å². The smallest absolute Gasteiger partial charge is 0.230 e. The minimum absolute atomic E-state index is 0.0390. The number of amides is 1. The molecule has 0 saturated carbocycles. The molecule has 0 aliphatic carbocycles. The van der Waals surface area contributed by atoms with E-state index in [1.54, 1.807) is 45.4 Å². The molecule has 0 fully saturated rings. The summed E-state index contributed by atoms with van der Waals surface area (Å²) in [4.78, 5) is 17.1. The Morgan fingerprint density at radius 3 is 2.47 bits per heavy atom. The van der Waals surface area contributed by atoms with Gasteiger partial charge in [0.15, 0.2) is 15.0 Å². The molecule has 1 aromatic heterocycles. The molecule has 2 aromatic carbocycles. The Bertz CT molecular complexity index is 1140. The van der Waals surface area contributed by atoms with Gasteiger partial charge in [0, 0.05) is 10.9 Å². The van der Waals surface area contributed by atoms with E-state index >= 15 is 0 Å². The Kier molecular flexibility index (Phi) is 6.73. The second-order valence-corrected chi connectivity index (χ2v) is 9.51. The summed E-state index contributed by atoms with van der Waals surface area (Å²) >= 11 is 1.31. The fourth-order valence-electron chi connectivity index (χ4n) is 2.80. The molecule has 0 atom stereocenters. The molecule has 0 saturated heterocycles. The van der Waals surface area contributed by atoms with Gasteiger partial charge in [-0.05, 0) is 35.9 Å². The van der Waals surface area contributed by atoms with E-state index in [0.29, 0.717) is 27.9 Å². The van der Waals surface area contributed by atoms with Crippen molar-refractivity contribution in [3.8, 4) is 22.8 Å². The summed E-state index contributed by atoms with van der Waals surface area (Å²) < 4.78 is 34.4. The maximum Gasteiger partial charge on any atom is 0.230 e. The van der Waals surface area contributed by atoms with Gasteiger partial charge in [-0.25, -0.2) is 13.4 Å². The monoisotopic (exact) mass is 446 g/mol. The van der Waals surface area contributed by atoms with E-state index in [-0.39, 0.29) is 23.0 Å². The number of anilines is 1. The number of nitrogens with zero attached hydrogens (tertiary/aromatic N) is 1. The molecule has 1 amide bonds. The number of sulfone groups is 1. The summed E-state index contributed by atoms with van der Waals surface area (Å²) in [7, 11) is -0.0880. The third kappa shape index (κ3) is 4.98. The lowest BCUT2D eigenvalue weighted by atomic mass is 10.1. The summed E-state index contributed by atoms with van der Waals surface area (Å²) in [5.41, 5.74) is 2.15. The zero-order chi connectivity index (χ0) is 21.7. The number of ether oxygens (including phenoxy) is 2. The fraction of sp³-hybridized carbons (Fsp3) is 0.238. The number of hydrogen-bond donors (Lipinski definition) is 1. The van der Waals surface area contributed by atoms with Crippen molar-refractivity contribution in [3.63, 3.8) is 0 Å². The van der Waals surface area contributed by atoms with Crippen LogP contribution in [0, 0.1) is 0 Å². The lowest BCUT2D eigenvalue weighted by Crippen LogP contribution is -2.14. The topological polar surface area (TPSA) is 94.6 Å². The van der Waals surface area contributed by atoms with Gasteiger partial charge in [0.25, 0.3) is 0 Å². The van der Waals surface area contributed by atoms with E-state index in [1.165, 1.54) is 23.5 Å². The largest absolute Gasteiger partial charge is 0.497 e. The van der Waals surface area contributed by atoms with Gasteiger partial charge in [0.05, 0.1) is 37.0 Å². The maximum absolute atomic E-state index is 12.4. The maximum atomic E-state index is 12.4. The number of carbonyl (C=O) groups is 1. The lowest BCUT2D eigenvalue weighted by molar-refractivity contribution is -0.115. The van der Waals surface area contributed by atoms with Crippen LogP contribution in [0.3, 0.4) is 0 Å². The molecule has 0 unspecified atom stereocenters. The average Bonchev–Trinajstić information content (AvgIpc) is 3.21. The molecule has 1 heterocycles. The first-order valence-corrected chi connectivity index (χ1v) is 11.7. The quantitative estimate of drug-likeness (QED) is 0.566. The van der Waals surface area contributed by atoms with Gasteiger partial charge in [0.1, 0.15) is 11.5 Å². The number of aromatic nitrogens is 1. The third-order valence-corrected chi connectivity index (χ3v) is 6.97. The Hall–Kier alpha value is -2.91. The van der Waals surface area contributed by atoms with Gasteiger partial charge in [-0.2, -0.15) is 0 Å². The molecule has 158 valence electrons. The van der Waals surface area contributed by atoms with Gasteiger partial charge in [0.2, 0.25) is 5.91 Å². The van der Waals surface area contributed by atoms with Crippen molar-refractivity contribution in [2.24, 2.45) is 0 Å². The number of carbonyl (C=O) groups excluding carboxylic acids is 1. The highest BCUT2D eigenvalue weighted by atomic mass is 32.2. The first kappa shape index (κ1) is 21.8. The number of thiazole rings is 1. The summed E-state index contributed by atoms with van der Waals surface area (Å²) in [5, 5.41) is 5.07. The second-order valence-electron chi connectivity index (χ2n) is 6.38. The van der Waals surface area contributed by atoms with Crippen LogP contribution in [-0.4, -0.2) is 39.3 Å². The predicted molar refractivity (Wildman–Crippen MR) is 117 cm³/mol. The molecule has 0 aliphatic rings. The molecule has 0 radical (unpaired) electrons. The van der Waals surface area contributed by atoms with Crippen molar-refractivity contribution in [2.75, 3.05) is 25.3 Å². The molecule has 3 aromatic rings. The van der Waals surface area contributed by atoms with Crippen molar-refractivity contribution < 1.29 is 22.7 Å². The first-order chi connectivity index (χ1) is 14.4. The highest BCUT2D eigenvalue weighted by molar-refractivity contribution is 7.91. The minimum atomic E-state index is -3.25. The summed E-state index contributed by atoms with van der Waals surface area (Å²) in [6, 6.07) is 11.8. The molecular formula is C21H22N2O5S2. The highest BCUT2D eigenvalue weighted by Gasteiger charge is 2.14. The Morgan fingerprint density at radius 2 is 1.83 bits per heavy atom. The van der Waals surface area contributed by atoms with Crippen LogP contribution in [0.5, 0.6) is 11.5 Å². The van der Waals surface area contributed by atoms with Gasteiger partial charge in [-0.3, -0.25) is 4.79 Å². The predicted octanol–water partition coefficient (Wildman–Crippen LogP) is 3.80. The second kappa shape index (κ2) is 9.27. The molecule has 30 heavy (non-hydrogen) atoms. The fourth-order valence-corrected chi connectivity index (χ4v) is 4.41. The SMILES string of the molecule is CCS(=O)(=O)c1ccc(CC(=O)Nc2nc(-c3cc(OC)ccc3OC)cs2)cc1. The third-order valence-electron chi connectivity index (χ3n) is 4.46. The number of hydrogen-bond acceptors (Lipinski definition) is 7. The number of methoxy groups -OCH3 is 2. The molecular weight excluding hydrogens is 424 g/mol. The van der Waals surface area contributed by atoms with E-state index in [2.05, 4.69) is 10.3 Å². The zero-order valence-electron chi connectivity index (χ0n) is 16.8. The van der Waals surface area contributed by atoms with E-state index < -0.39 is 9.84 Å². The number of benzene rings is 2. The molecule has 0 aliphatic heterocycles. The van der Waals surface area contributed by atoms with Crippen molar-refractivity contribution in [2.45, 2.75) is 18.2 Å². The van der Waals surface area contributed by atoms with Crippen LogP contribution in [0.2, 0.25) is 0 Å². The van der Waals surface area contributed by atoms with Crippen molar-refractivity contribution >= 4 is 32.2 Å². The van der Waals surface area contributed by atoms with Gasteiger partial charge >= 0.3 is 0 Å². The van der Waals surface area contributed by atoms with Gasteiger partial charge in [-0.15, -0.1) is 11.3 Å². The van der Waals surface area contributed by atoms with Crippen LogP contribution in [0.25, 0.3) is 11.3 Å². The van der Waals surface area contributed by atoms with Crippen LogP contribution in [0.15, 0.2) is 52.7 Å². The highest BCUT2D eigenvalue weighted by Crippen LogP contribution is 2.35.